The number of unbranched alkanes of at least 4 members (excludes halogenated alkanes) is 3. The zero-order valence-corrected chi connectivity index (χ0v) is 45.9. The van der Waals surface area contributed by atoms with Gasteiger partial charge in [-0.1, -0.05) is 40.0 Å². The number of carbonyl (C=O) groups is 10. The van der Waals surface area contributed by atoms with Crippen molar-refractivity contribution >= 4 is 80.7 Å². The fourth-order valence-corrected chi connectivity index (χ4v) is 11.0. The number of nitrogens with two attached hydrogens (primary N) is 1. The smallest absolute Gasteiger partial charge is 0.407 e. The van der Waals surface area contributed by atoms with Crippen molar-refractivity contribution in [3.8, 4) is 5.75 Å². The topological polar surface area (TPSA) is 384 Å². The van der Waals surface area contributed by atoms with Crippen LogP contribution in [-0.2, 0) is 65.1 Å². The lowest BCUT2D eigenvalue weighted by molar-refractivity contribution is -0.145. The molecule has 0 saturated carbocycles. The van der Waals surface area contributed by atoms with Crippen LogP contribution in [0.5, 0.6) is 5.75 Å². The van der Waals surface area contributed by atoms with Gasteiger partial charge in [-0.2, -0.15) is 0 Å². The van der Waals surface area contributed by atoms with Crippen LogP contribution < -0.4 is 42.4 Å². The molecule has 5 rings (SSSR count). The van der Waals surface area contributed by atoms with Crippen molar-refractivity contribution in [2.45, 2.75) is 153 Å². The quantitative estimate of drug-likeness (QED) is 0.0955. The normalized spacial score (nSPS) is 25.8. The fraction of sp³-hybridized carbons (Fsp3) is 0.654. The van der Waals surface area contributed by atoms with Crippen LogP contribution in [0.2, 0.25) is 0 Å². The van der Waals surface area contributed by atoms with Crippen LogP contribution in [0, 0.1) is 23.7 Å². The minimum absolute atomic E-state index is 0.0586. The molecule has 2 aromatic rings. The number of carbonyl (C=O) groups excluding carboxylic acids is 10. The summed E-state index contributed by atoms with van der Waals surface area (Å²) in [6.07, 6.45) is -3.18. The van der Waals surface area contributed by atoms with Crippen molar-refractivity contribution in [3.63, 3.8) is 0 Å². The Kier molecular flexibility index (Phi) is 22.7. The average molecular weight is 1120 g/mol. The number of nitrogens with one attached hydrogen (secondary N) is 7. The number of ether oxygens (including phenoxy) is 2. The highest BCUT2D eigenvalue weighted by atomic mass is 32.2. The van der Waals surface area contributed by atoms with E-state index in [1.54, 1.807) is 52.8 Å². The van der Waals surface area contributed by atoms with Crippen molar-refractivity contribution in [1.82, 2.24) is 41.8 Å². The molecule has 4 heterocycles. The Bertz CT molecular complexity index is 2570. The third kappa shape index (κ3) is 17.5. The SMILES string of the molecule is CC[C@H](C)[C@@H]1NC(=O)CNC(=O)C2CC(=O)[C@H]([C@@H](C)[C@@H](O)CO)NC(=O)[C@@H]3CC(O)CN3C(=O)[C@H](CC(N)=O)CC(=O)C(CS(=O)c3[nH]c4cc(OCCCCCCNC(=O)OC(C)(C)C)ccc4c3C2)NC(=O)CNC1=O. The molecule has 1 saturated heterocycles. The van der Waals surface area contributed by atoms with Gasteiger partial charge in [-0.05, 0) is 63.6 Å². The van der Waals surface area contributed by atoms with Crippen molar-refractivity contribution in [2.24, 2.45) is 29.4 Å². The summed E-state index contributed by atoms with van der Waals surface area (Å²) in [6.45, 7) is 8.06. The number of nitrogens with zero attached hydrogens (tertiary/aromatic N) is 1. The van der Waals surface area contributed by atoms with E-state index in [4.69, 9.17) is 15.2 Å². The van der Waals surface area contributed by atoms with Crippen LogP contribution in [0.4, 0.5) is 4.79 Å². The third-order valence-corrected chi connectivity index (χ3v) is 15.6. The molecule has 26 heteroatoms. The van der Waals surface area contributed by atoms with E-state index in [2.05, 4.69) is 36.9 Å². The molecule has 11 atom stereocenters. The first-order chi connectivity index (χ1) is 36.8. The molecule has 25 nitrogen and oxygen atoms in total. The molecular formula is C52H77N9O16S. The minimum Gasteiger partial charge on any atom is -0.494 e. The molecule has 3 aliphatic heterocycles. The monoisotopic (exact) mass is 1120 g/mol. The van der Waals surface area contributed by atoms with Gasteiger partial charge in [0.05, 0.1) is 78.6 Å². The summed E-state index contributed by atoms with van der Waals surface area (Å²) in [5.74, 6) is -13.3. The standard InChI is InChI=1S/C52H77N9O16S/c1-7-27(2)44-48(72)56-22-42(68)57-36-26-78(75)49-34(33-13-12-32(21-35(33)58-49)76-15-11-9-8-10-14-54-51(74)77-52(4,5)6)16-29(46(70)55-23-43(69)59-44)17-39(65)45(28(3)40(66)25-62)60-47(71)37-20-31(63)24-61(37)50(73)30(18-38(36)64)19-41(53)67/h12-13,21,27-31,36-37,40,44-45,58,62-63,66H,7-11,14-20,22-26H2,1-6H3,(H2,53,67)(H,54,74)(H,55,70)(H,56,72)(H,57,68)(H,59,69)(H,60,71)/t27-,28-,29?,30-,31?,36?,37-,40-,44-,45-,78?/m0/s1. The molecule has 4 unspecified atom stereocenters. The first-order valence-electron chi connectivity index (χ1n) is 26.5. The number of hydrogen-bond acceptors (Lipinski definition) is 16. The summed E-state index contributed by atoms with van der Waals surface area (Å²) in [5.41, 5.74) is 5.52. The van der Waals surface area contributed by atoms with Crippen molar-refractivity contribution in [1.29, 1.82) is 0 Å². The number of primary amides is 1. The van der Waals surface area contributed by atoms with Crippen LogP contribution in [0.1, 0.15) is 105 Å². The average Bonchev–Trinajstić information content (AvgIpc) is 3.97. The van der Waals surface area contributed by atoms with Crippen LogP contribution >= 0.6 is 0 Å². The highest BCUT2D eigenvalue weighted by Gasteiger charge is 2.45. The summed E-state index contributed by atoms with van der Waals surface area (Å²) in [5, 5.41) is 47.5. The summed E-state index contributed by atoms with van der Waals surface area (Å²) in [6, 6.07) is -1.21. The van der Waals surface area contributed by atoms with Gasteiger partial charge in [-0.15, -0.1) is 0 Å². The number of H-pyrrole nitrogens is 1. The Morgan fingerprint density at radius 1 is 0.885 bits per heavy atom. The predicted octanol–water partition coefficient (Wildman–Crippen LogP) is -0.981. The first-order valence-corrected chi connectivity index (χ1v) is 27.8. The number of fused-ring (bicyclic) bond motifs is 5. The van der Waals surface area contributed by atoms with Crippen LogP contribution in [-0.4, -0.2) is 176 Å². The number of ketones is 2. The second kappa shape index (κ2) is 28.4. The third-order valence-electron chi connectivity index (χ3n) is 14.1. The van der Waals surface area contributed by atoms with E-state index >= 15 is 4.21 Å². The van der Waals surface area contributed by atoms with E-state index in [1.807, 2.05) is 0 Å². The number of aromatic nitrogens is 1. The molecule has 78 heavy (non-hydrogen) atoms. The van der Waals surface area contributed by atoms with E-state index in [0.29, 0.717) is 42.5 Å². The first kappa shape index (κ1) is 62.3. The van der Waals surface area contributed by atoms with Gasteiger partial charge in [0, 0.05) is 62.1 Å². The van der Waals surface area contributed by atoms with Crippen molar-refractivity contribution in [3.05, 3.63) is 23.8 Å². The molecule has 1 aromatic carbocycles. The molecule has 1 aromatic heterocycles. The number of hydrogen-bond donors (Lipinski definition) is 11. The maximum atomic E-state index is 15.0. The van der Waals surface area contributed by atoms with E-state index in [-0.39, 0.29) is 30.0 Å². The number of benzene rings is 1. The molecule has 0 spiro atoms. The summed E-state index contributed by atoms with van der Waals surface area (Å²) >= 11 is 0. The number of rotatable bonds is 15. The minimum atomic E-state index is -2.33. The summed E-state index contributed by atoms with van der Waals surface area (Å²) < 4.78 is 26.4. The van der Waals surface area contributed by atoms with E-state index in [9.17, 15) is 63.3 Å². The van der Waals surface area contributed by atoms with E-state index < -0.39 is 187 Å². The number of alkyl carbamates (subject to hydrolysis) is 1. The lowest BCUT2D eigenvalue weighted by Gasteiger charge is -2.32. The second-order valence-electron chi connectivity index (χ2n) is 21.4. The van der Waals surface area contributed by atoms with Gasteiger partial charge in [0.15, 0.2) is 11.6 Å². The predicted molar refractivity (Wildman–Crippen MR) is 281 cm³/mol. The highest BCUT2D eigenvalue weighted by Crippen LogP contribution is 2.33. The Morgan fingerprint density at radius 2 is 1.56 bits per heavy atom. The maximum absolute atomic E-state index is 15.0. The lowest BCUT2D eigenvalue weighted by Crippen LogP contribution is -2.56. The molecule has 8 amide bonds. The molecule has 0 aliphatic carbocycles. The van der Waals surface area contributed by atoms with Crippen LogP contribution in [0.15, 0.2) is 23.2 Å². The van der Waals surface area contributed by atoms with Gasteiger partial charge in [-0.3, -0.25) is 47.4 Å². The Morgan fingerprint density at radius 3 is 2.23 bits per heavy atom. The molecule has 12 N–H and O–H groups in total. The van der Waals surface area contributed by atoms with Gasteiger partial charge in [0.2, 0.25) is 41.4 Å². The van der Waals surface area contributed by atoms with Gasteiger partial charge in [-0.25, -0.2) is 4.79 Å². The number of amides is 8. The molecule has 1 fully saturated rings. The van der Waals surface area contributed by atoms with Crippen molar-refractivity contribution < 1.29 is 76.9 Å². The highest BCUT2D eigenvalue weighted by molar-refractivity contribution is 7.85. The molecule has 2 bridgehead atoms. The number of Topliss-reactive ketones (excluding diaryl/α,β-unsaturated/α-hetero) is 2. The van der Waals surface area contributed by atoms with Crippen molar-refractivity contribution in [2.75, 3.05) is 45.1 Å². The molecule has 3 aliphatic rings. The van der Waals surface area contributed by atoms with Gasteiger partial charge in [0.25, 0.3) is 0 Å². The number of aliphatic hydroxyl groups excluding tert-OH is 3. The van der Waals surface area contributed by atoms with E-state index in [1.165, 1.54) is 6.92 Å². The maximum Gasteiger partial charge on any atom is 0.407 e. The number of aromatic amines is 1. The van der Waals surface area contributed by atoms with Crippen LogP contribution in [0.25, 0.3) is 10.9 Å². The van der Waals surface area contributed by atoms with Gasteiger partial charge in [0.1, 0.15) is 28.5 Å². The Hall–Kier alpha value is -6.51. The summed E-state index contributed by atoms with van der Waals surface area (Å²) in [7, 11) is -2.33. The zero-order chi connectivity index (χ0) is 57.6. The molecule has 432 valence electrons. The van der Waals surface area contributed by atoms with Gasteiger partial charge < -0.3 is 72.3 Å². The Labute approximate surface area is 454 Å². The van der Waals surface area contributed by atoms with Gasteiger partial charge >= 0.3 is 6.09 Å². The van der Waals surface area contributed by atoms with Crippen LogP contribution in [0.3, 0.4) is 0 Å². The fourth-order valence-electron chi connectivity index (χ4n) is 9.61. The largest absolute Gasteiger partial charge is 0.494 e. The Balaban J connectivity index is 1.62. The molecular weight excluding hydrogens is 1040 g/mol. The molecule has 0 radical (unpaired) electrons. The van der Waals surface area contributed by atoms with E-state index in [0.717, 1.165) is 17.7 Å². The number of aliphatic hydroxyl groups is 3. The lowest BCUT2D eigenvalue weighted by atomic mass is 9.85. The summed E-state index contributed by atoms with van der Waals surface area (Å²) in [4.78, 5) is 142. The second-order valence-corrected chi connectivity index (χ2v) is 22.9. The zero-order valence-electron chi connectivity index (χ0n) is 45.1.